The standard InChI is InChI=1S/C5H4F3NO/c1-3-2-9-10-4(3)5(6,7)8/h2H,1H3. The van der Waals surface area contributed by atoms with Crippen molar-refractivity contribution in [1.82, 2.24) is 5.16 Å². The lowest BCUT2D eigenvalue weighted by Gasteiger charge is -1.99. The minimum absolute atomic E-state index is 0.00694. The molecule has 0 N–H and O–H groups in total. The van der Waals surface area contributed by atoms with E-state index in [1.807, 2.05) is 0 Å². The Morgan fingerprint density at radius 2 is 2.10 bits per heavy atom. The molecular formula is C5H4F3NO. The van der Waals surface area contributed by atoms with Crippen LogP contribution in [0.3, 0.4) is 0 Å². The van der Waals surface area contributed by atoms with Crippen LogP contribution in [0, 0.1) is 6.92 Å². The maximum Gasteiger partial charge on any atom is 0.452 e. The van der Waals surface area contributed by atoms with Crippen molar-refractivity contribution in [3.63, 3.8) is 0 Å². The van der Waals surface area contributed by atoms with Crippen molar-refractivity contribution >= 4 is 0 Å². The van der Waals surface area contributed by atoms with E-state index in [0.29, 0.717) is 0 Å². The molecule has 0 saturated carbocycles. The maximum atomic E-state index is 11.7. The van der Waals surface area contributed by atoms with E-state index >= 15 is 0 Å². The number of nitrogens with zero attached hydrogens (tertiary/aromatic N) is 1. The molecule has 5 heteroatoms. The highest BCUT2D eigenvalue weighted by Gasteiger charge is 2.37. The average Bonchev–Trinajstić information content (AvgIpc) is 2.11. The van der Waals surface area contributed by atoms with Crippen LogP contribution in [0.25, 0.3) is 0 Å². The fourth-order valence-electron chi connectivity index (χ4n) is 0.564. The zero-order chi connectivity index (χ0) is 7.78. The number of aromatic nitrogens is 1. The summed E-state index contributed by atoms with van der Waals surface area (Å²) in [4.78, 5) is 0. The number of alkyl halides is 3. The van der Waals surface area contributed by atoms with Crippen molar-refractivity contribution in [1.29, 1.82) is 0 Å². The van der Waals surface area contributed by atoms with Gasteiger partial charge < -0.3 is 4.52 Å². The van der Waals surface area contributed by atoms with Crippen LogP contribution in [0.15, 0.2) is 10.7 Å². The molecule has 0 amide bonds. The molecule has 1 aromatic rings. The summed E-state index contributed by atoms with van der Waals surface area (Å²) in [6.07, 6.45) is -3.39. The Morgan fingerprint density at radius 1 is 1.50 bits per heavy atom. The smallest absolute Gasteiger partial charge is 0.351 e. The van der Waals surface area contributed by atoms with E-state index in [9.17, 15) is 13.2 Å². The van der Waals surface area contributed by atoms with Gasteiger partial charge in [0.15, 0.2) is 0 Å². The lowest BCUT2D eigenvalue weighted by molar-refractivity contribution is -0.156. The van der Waals surface area contributed by atoms with Gasteiger partial charge in [0, 0.05) is 5.56 Å². The van der Waals surface area contributed by atoms with Crippen LogP contribution < -0.4 is 0 Å². The van der Waals surface area contributed by atoms with Gasteiger partial charge in [0.1, 0.15) is 0 Å². The molecule has 0 saturated heterocycles. The van der Waals surface area contributed by atoms with Crippen molar-refractivity contribution in [3.05, 3.63) is 17.5 Å². The summed E-state index contributed by atoms with van der Waals surface area (Å²) >= 11 is 0. The van der Waals surface area contributed by atoms with E-state index < -0.39 is 11.9 Å². The molecule has 0 aromatic carbocycles. The van der Waals surface area contributed by atoms with Crippen LogP contribution in [0.4, 0.5) is 13.2 Å². The fraction of sp³-hybridized carbons (Fsp3) is 0.400. The summed E-state index contributed by atoms with van der Waals surface area (Å²) in [5.41, 5.74) is 0.00694. The summed E-state index contributed by atoms with van der Waals surface area (Å²) < 4.78 is 39.2. The lowest BCUT2D eigenvalue weighted by atomic mass is 10.3. The number of halogens is 3. The van der Waals surface area contributed by atoms with E-state index in [4.69, 9.17) is 0 Å². The molecule has 0 bridgehead atoms. The Labute approximate surface area is 54.6 Å². The second-order valence-electron chi connectivity index (χ2n) is 1.84. The summed E-state index contributed by atoms with van der Waals surface area (Å²) in [6, 6.07) is 0. The Hall–Kier alpha value is -1.00. The molecule has 0 unspecified atom stereocenters. The maximum absolute atomic E-state index is 11.7. The molecule has 2 nitrogen and oxygen atoms in total. The lowest BCUT2D eigenvalue weighted by Crippen LogP contribution is -2.04. The monoisotopic (exact) mass is 151 g/mol. The third-order valence-corrected chi connectivity index (χ3v) is 1.01. The second kappa shape index (κ2) is 2.00. The van der Waals surface area contributed by atoms with Crippen molar-refractivity contribution in [3.8, 4) is 0 Å². The first-order chi connectivity index (χ1) is 4.52. The number of hydrogen-bond acceptors (Lipinski definition) is 2. The number of rotatable bonds is 0. The topological polar surface area (TPSA) is 26.0 Å². The van der Waals surface area contributed by atoms with Gasteiger partial charge in [-0.25, -0.2) is 0 Å². The molecule has 1 aromatic heterocycles. The van der Waals surface area contributed by atoms with Crippen LogP contribution in [-0.2, 0) is 6.18 Å². The predicted molar refractivity (Wildman–Crippen MR) is 26.2 cm³/mol. The normalized spacial score (nSPS) is 12.0. The Bertz CT molecular complexity index is 227. The third-order valence-electron chi connectivity index (χ3n) is 1.01. The van der Waals surface area contributed by atoms with E-state index in [1.165, 1.54) is 6.92 Å². The predicted octanol–water partition coefficient (Wildman–Crippen LogP) is 2.00. The molecule has 0 aliphatic heterocycles. The first-order valence-corrected chi connectivity index (χ1v) is 2.50. The van der Waals surface area contributed by atoms with E-state index in [-0.39, 0.29) is 5.56 Å². The van der Waals surface area contributed by atoms with Crippen molar-refractivity contribution < 1.29 is 17.7 Å². The molecule has 1 heterocycles. The van der Waals surface area contributed by atoms with Crippen molar-refractivity contribution in [2.45, 2.75) is 13.1 Å². The zero-order valence-corrected chi connectivity index (χ0v) is 5.07. The molecule has 0 spiro atoms. The Balaban J connectivity index is 3.05. The number of aryl methyl sites for hydroxylation is 1. The van der Waals surface area contributed by atoms with Gasteiger partial charge in [-0.3, -0.25) is 0 Å². The van der Waals surface area contributed by atoms with Crippen LogP contribution in [0.1, 0.15) is 11.3 Å². The quantitative estimate of drug-likeness (QED) is 0.566. The molecular weight excluding hydrogens is 147 g/mol. The van der Waals surface area contributed by atoms with Crippen LogP contribution in [0.2, 0.25) is 0 Å². The molecule has 0 aliphatic rings. The molecule has 10 heavy (non-hydrogen) atoms. The fourth-order valence-corrected chi connectivity index (χ4v) is 0.564. The summed E-state index contributed by atoms with van der Waals surface area (Å²) in [5, 5.41) is 2.99. The molecule has 0 aliphatic carbocycles. The first-order valence-electron chi connectivity index (χ1n) is 2.50. The van der Waals surface area contributed by atoms with Gasteiger partial charge in [-0.2, -0.15) is 13.2 Å². The largest absolute Gasteiger partial charge is 0.452 e. The molecule has 0 radical (unpaired) electrons. The molecule has 56 valence electrons. The minimum atomic E-state index is -4.42. The van der Waals surface area contributed by atoms with Gasteiger partial charge >= 0.3 is 6.18 Å². The van der Waals surface area contributed by atoms with E-state index in [2.05, 4.69) is 9.68 Å². The van der Waals surface area contributed by atoms with Gasteiger partial charge in [0.25, 0.3) is 0 Å². The van der Waals surface area contributed by atoms with Gasteiger partial charge in [0.2, 0.25) is 5.76 Å². The highest BCUT2D eigenvalue weighted by molar-refractivity contribution is 5.13. The van der Waals surface area contributed by atoms with Gasteiger partial charge in [-0.15, -0.1) is 0 Å². The van der Waals surface area contributed by atoms with Gasteiger partial charge in [0.05, 0.1) is 6.20 Å². The Kier molecular flexibility index (Phi) is 1.42. The summed E-state index contributed by atoms with van der Waals surface area (Å²) in [5.74, 6) is -1.02. The van der Waals surface area contributed by atoms with Crippen LogP contribution in [0.5, 0.6) is 0 Å². The highest BCUT2D eigenvalue weighted by atomic mass is 19.4. The third kappa shape index (κ3) is 1.12. The minimum Gasteiger partial charge on any atom is -0.351 e. The first kappa shape index (κ1) is 7.11. The number of hydrogen-bond donors (Lipinski definition) is 0. The average molecular weight is 151 g/mol. The van der Waals surface area contributed by atoms with E-state index in [0.717, 1.165) is 6.20 Å². The van der Waals surface area contributed by atoms with Gasteiger partial charge in [-0.1, -0.05) is 5.16 Å². The summed E-state index contributed by atoms with van der Waals surface area (Å²) in [6.45, 7) is 1.29. The van der Waals surface area contributed by atoms with Crippen molar-refractivity contribution in [2.75, 3.05) is 0 Å². The SMILES string of the molecule is Cc1cnoc1C(F)(F)F. The molecule has 1 rings (SSSR count). The van der Waals surface area contributed by atoms with Crippen molar-refractivity contribution in [2.24, 2.45) is 0 Å². The van der Waals surface area contributed by atoms with Crippen LogP contribution in [-0.4, -0.2) is 5.16 Å². The van der Waals surface area contributed by atoms with E-state index in [1.54, 1.807) is 0 Å². The van der Waals surface area contributed by atoms with Gasteiger partial charge in [-0.05, 0) is 6.92 Å². The second-order valence-corrected chi connectivity index (χ2v) is 1.84. The highest BCUT2D eigenvalue weighted by Crippen LogP contribution is 2.30. The summed E-state index contributed by atoms with van der Waals surface area (Å²) in [7, 11) is 0. The van der Waals surface area contributed by atoms with Crippen LogP contribution >= 0.6 is 0 Å². The zero-order valence-electron chi connectivity index (χ0n) is 5.07. The molecule has 0 fully saturated rings. The molecule has 0 atom stereocenters. The Morgan fingerprint density at radius 3 is 2.30 bits per heavy atom.